The molecule has 0 saturated carbocycles. The Balaban J connectivity index is 4.57. The predicted molar refractivity (Wildman–Crippen MR) is 85.5 cm³/mol. The lowest BCUT2D eigenvalue weighted by atomic mass is 9.89. The summed E-state index contributed by atoms with van der Waals surface area (Å²) in [5.41, 5.74) is -2.55. The molecule has 3 atom stereocenters. The fraction of sp³-hybridized carbons (Fsp3) is 0.647. The Hall–Kier alpha value is -1.30. The van der Waals surface area contributed by atoms with Gasteiger partial charge in [0.1, 0.15) is 12.7 Å². The Morgan fingerprint density at radius 1 is 1.41 bits per heavy atom. The summed E-state index contributed by atoms with van der Waals surface area (Å²) in [5, 5.41) is 19.9. The molecule has 0 aromatic carbocycles. The molecule has 0 amide bonds. The number of aliphatic hydroxyl groups is 2. The molecule has 5 nitrogen and oxygen atoms in total. The lowest BCUT2D eigenvalue weighted by molar-refractivity contribution is -0.156. The first-order valence-corrected chi connectivity index (χ1v) is 7.66. The van der Waals surface area contributed by atoms with E-state index in [0.717, 1.165) is 25.7 Å². The van der Waals surface area contributed by atoms with Crippen LogP contribution in [0.1, 0.15) is 39.5 Å². The molecule has 0 radical (unpaired) electrons. The second-order valence-corrected chi connectivity index (χ2v) is 5.48. The third kappa shape index (κ3) is 5.83. The van der Waals surface area contributed by atoms with E-state index >= 15 is 0 Å². The third-order valence-corrected chi connectivity index (χ3v) is 3.79. The van der Waals surface area contributed by atoms with Gasteiger partial charge in [0, 0.05) is 6.61 Å². The number of carbonyl (C=O) groups excluding carboxylic acids is 2. The molecule has 0 aliphatic rings. The van der Waals surface area contributed by atoms with Crippen molar-refractivity contribution in [2.45, 2.75) is 51.2 Å². The summed E-state index contributed by atoms with van der Waals surface area (Å²) in [6, 6.07) is 0. The van der Waals surface area contributed by atoms with Crippen LogP contribution in [-0.4, -0.2) is 47.2 Å². The van der Waals surface area contributed by atoms with Gasteiger partial charge in [-0.3, -0.25) is 9.59 Å². The van der Waals surface area contributed by atoms with Gasteiger partial charge in [0.15, 0.2) is 12.1 Å². The molecule has 126 valence electrons. The fourth-order valence-electron chi connectivity index (χ4n) is 2.01. The maximum absolute atomic E-state index is 12.0. The van der Waals surface area contributed by atoms with E-state index in [1.165, 1.54) is 6.08 Å². The molecule has 0 aromatic rings. The van der Waals surface area contributed by atoms with Crippen LogP contribution in [-0.2, 0) is 14.3 Å². The van der Waals surface area contributed by atoms with E-state index in [1.54, 1.807) is 0 Å². The first kappa shape index (κ1) is 20.7. The average molecular weight is 312 g/mol. The van der Waals surface area contributed by atoms with Crippen molar-refractivity contribution in [3.05, 3.63) is 24.8 Å². The van der Waals surface area contributed by atoms with E-state index in [1.807, 2.05) is 6.92 Å². The molecule has 0 aromatic heterocycles. The second-order valence-electron chi connectivity index (χ2n) is 5.48. The number of ketones is 1. The zero-order valence-corrected chi connectivity index (χ0v) is 13.6. The summed E-state index contributed by atoms with van der Waals surface area (Å²) in [4.78, 5) is 23.1. The highest BCUT2D eigenvalue weighted by Crippen LogP contribution is 2.18. The first-order chi connectivity index (χ1) is 10.4. The number of hydrogen-bond acceptors (Lipinski definition) is 5. The molecule has 0 rings (SSSR count). The number of hydrogen-bond donors (Lipinski definition) is 2. The van der Waals surface area contributed by atoms with Crippen LogP contribution in [0, 0.1) is 5.92 Å². The molecule has 22 heavy (non-hydrogen) atoms. The SMILES string of the molecule is C=CC(=C)C(O)C(O)(C=O)C(=O)COCC(CC)CCCC. The standard InChI is InChI=1S/C17H28O5/c1-5-8-9-14(7-3)10-22-11-15(19)17(21,12-18)16(20)13(4)6-2/h6,12,14,16,20-21H,2,4-5,7-11H2,1,3H3. The lowest BCUT2D eigenvalue weighted by Crippen LogP contribution is -2.53. The van der Waals surface area contributed by atoms with Crippen molar-refractivity contribution < 1.29 is 24.5 Å². The summed E-state index contributed by atoms with van der Waals surface area (Å²) >= 11 is 0. The van der Waals surface area contributed by atoms with Crippen LogP contribution >= 0.6 is 0 Å². The van der Waals surface area contributed by atoms with Gasteiger partial charge >= 0.3 is 0 Å². The van der Waals surface area contributed by atoms with Gasteiger partial charge < -0.3 is 14.9 Å². The normalized spacial score (nSPS) is 16.4. The number of unbranched alkanes of at least 4 members (excludes halogenated alkanes) is 1. The highest BCUT2D eigenvalue weighted by Gasteiger charge is 2.43. The second kappa shape index (κ2) is 10.4. The van der Waals surface area contributed by atoms with E-state index < -0.39 is 24.1 Å². The van der Waals surface area contributed by atoms with E-state index in [9.17, 15) is 19.8 Å². The Morgan fingerprint density at radius 2 is 2.05 bits per heavy atom. The van der Waals surface area contributed by atoms with Crippen LogP contribution in [0.4, 0.5) is 0 Å². The van der Waals surface area contributed by atoms with Crippen molar-refractivity contribution in [1.82, 2.24) is 0 Å². The quantitative estimate of drug-likeness (QED) is 0.308. The smallest absolute Gasteiger partial charge is 0.210 e. The average Bonchev–Trinajstić information content (AvgIpc) is 2.55. The van der Waals surface area contributed by atoms with Gasteiger partial charge in [-0.1, -0.05) is 52.3 Å². The zero-order chi connectivity index (χ0) is 17.2. The summed E-state index contributed by atoms with van der Waals surface area (Å²) in [6.07, 6.45) is 3.61. The lowest BCUT2D eigenvalue weighted by Gasteiger charge is -2.26. The molecule has 0 aliphatic carbocycles. The van der Waals surface area contributed by atoms with Crippen LogP contribution in [0.5, 0.6) is 0 Å². The molecule has 0 saturated heterocycles. The van der Waals surface area contributed by atoms with Gasteiger partial charge in [0.05, 0.1) is 0 Å². The zero-order valence-electron chi connectivity index (χ0n) is 13.6. The number of ether oxygens (including phenoxy) is 1. The molecular weight excluding hydrogens is 284 g/mol. The van der Waals surface area contributed by atoms with Crippen LogP contribution in [0.15, 0.2) is 24.8 Å². The highest BCUT2D eigenvalue weighted by atomic mass is 16.5. The fourth-order valence-corrected chi connectivity index (χ4v) is 2.01. The molecule has 0 bridgehead atoms. The monoisotopic (exact) mass is 312 g/mol. The maximum Gasteiger partial charge on any atom is 0.210 e. The Labute approximate surface area is 132 Å². The highest BCUT2D eigenvalue weighted by molar-refractivity contribution is 6.03. The van der Waals surface area contributed by atoms with Gasteiger partial charge in [-0.05, 0) is 17.9 Å². The van der Waals surface area contributed by atoms with Crippen molar-refractivity contribution in [2.24, 2.45) is 5.92 Å². The Morgan fingerprint density at radius 3 is 2.50 bits per heavy atom. The van der Waals surface area contributed by atoms with Gasteiger partial charge in [-0.15, -0.1) is 0 Å². The number of aldehydes is 1. The van der Waals surface area contributed by atoms with Crippen molar-refractivity contribution in [2.75, 3.05) is 13.2 Å². The molecule has 0 fully saturated rings. The van der Waals surface area contributed by atoms with Crippen LogP contribution in [0.25, 0.3) is 0 Å². The van der Waals surface area contributed by atoms with Crippen LogP contribution in [0.2, 0.25) is 0 Å². The Kier molecular flexibility index (Phi) is 9.81. The number of carbonyl (C=O) groups is 2. The summed E-state index contributed by atoms with van der Waals surface area (Å²) in [7, 11) is 0. The number of Topliss-reactive ketones (excluding diaryl/α,β-unsaturated/α-hetero) is 1. The summed E-state index contributed by atoms with van der Waals surface area (Å²) < 4.78 is 5.32. The Bertz CT molecular complexity index is 391. The number of aliphatic hydroxyl groups excluding tert-OH is 1. The topological polar surface area (TPSA) is 83.8 Å². The molecule has 0 aliphatic heterocycles. The molecular formula is C17H28O5. The summed E-state index contributed by atoms with van der Waals surface area (Å²) in [6.45, 7) is 10.9. The summed E-state index contributed by atoms with van der Waals surface area (Å²) in [5.74, 6) is -0.548. The van der Waals surface area contributed by atoms with E-state index in [0.29, 0.717) is 12.5 Å². The predicted octanol–water partition coefficient (Wildman–Crippen LogP) is 1.82. The van der Waals surface area contributed by atoms with Gasteiger partial charge in [0.2, 0.25) is 5.60 Å². The molecule has 0 heterocycles. The van der Waals surface area contributed by atoms with E-state index in [2.05, 4.69) is 20.1 Å². The third-order valence-electron chi connectivity index (χ3n) is 3.79. The van der Waals surface area contributed by atoms with Crippen LogP contribution < -0.4 is 0 Å². The van der Waals surface area contributed by atoms with Crippen molar-refractivity contribution in [3.63, 3.8) is 0 Å². The van der Waals surface area contributed by atoms with Crippen molar-refractivity contribution >= 4 is 12.1 Å². The minimum atomic E-state index is -2.55. The van der Waals surface area contributed by atoms with Crippen molar-refractivity contribution in [1.29, 1.82) is 0 Å². The van der Waals surface area contributed by atoms with Gasteiger partial charge in [-0.25, -0.2) is 0 Å². The first-order valence-electron chi connectivity index (χ1n) is 7.66. The maximum atomic E-state index is 12.0. The largest absolute Gasteiger partial charge is 0.384 e. The van der Waals surface area contributed by atoms with Gasteiger partial charge in [-0.2, -0.15) is 0 Å². The van der Waals surface area contributed by atoms with Crippen LogP contribution in [0.3, 0.4) is 0 Å². The minimum absolute atomic E-state index is 0.00247. The van der Waals surface area contributed by atoms with Crippen molar-refractivity contribution in [3.8, 4) is 0 Å². The van der Waals surface area contributed by atoms with E-state index in [-0.39, 0.29) is 11.9 Å². The number of rotatable bonds is 13. The molecule has 5 heteroatoms. The van der Waals surface area contributed by atoms with Gasteiger partial charge in [0.25, 0.3) is 0 Å². The minimum Gasteiger partial charge on any atom is -0.384 e. The van der Waals surface area contributed by atoms with E-state index in [4.69, 9.17) is 4.74 Å². The molecule has 3 unspecified atom stereocenters. The molecule has 0 spiro atoms. The molecule has 2 N–H and O–H groups in total.